The predicted molar refractivity (Wildman–Crippen MR) is 114 cm³/mol. The van der Waals surface area contributed by atoms with Crippen LogP contribution >= 0.6 is 23.2 Å². The summed E-state index contributed by atoms with van der Waals surface area (Å²) >= 11 is 12.0. The van der Waals surface area contributed by atoms with Gasteiger partial charge in [0, 0.05) is 37.1 Å². The van der Waals surface area contributed by atoms with Gasteiger partial charge >= 0.3 is 0 Å². The Morgan fingerprint density at radius 1 is 1.21 bits per heavy atom. The van der Waals surface area contributed by atoms with Gasteiger partial charge in [-0.05, 0) is 48.4 Å². The number of hydrogen-bond acceptors (Lipinski definition) is 4. The summed E-state index contributed by atoms with van der Waals surface area (Å²) in [7, 11) is -2.17. The second kappa shape index (κ2) is 8.28. The van der Waals surface area contributed by atoms with Crippen molar-refractivity contribution in [1.29, 1.82) is 0 Å². The molecule has 3 rings (SSSR count). The fourth-order valence-corrected chi connectivity index (χ4v) is 4.52. The standard InChI is InChI=1S/C20H19Cl2N3O3S/c1-12-8-15(10-18(29(23,27)28)14-4-3-7-24-11-14)25(2)19(12)20(26)13-5-6-16(21)17(22)9-13/h3-9,11,18H,10H2,1-2H3,(H2,23,27,28). The van der Waals surface area contributed by atoms with Crippen molar-refractivity contribution in [3.8, 4) is 0 Å². The Morgan fingerprint density at radius 3 is 2.52 bits per heavy atom. The minimum Gasteiger partial charge on any atom is -0.345 e. The molecule has 2 heterocycles. The van der Waals surface area contributed by atoms with Gasteiger partial charge in [0.2, 0.25) is 15.8 Å². The van der Waals surface area contributed by atoms with Crippen molar-refractivity contribution in [1.82, 2.24) is 9.55 Å². The number of benzene rings is 1. The smallest absolute Gasteiger partial charge is 0.216 e. The summed E-state index contributed by atoms with van der Waals surface area (Å²) in [5.74, 6) is -0.233. The molecule has 9 heteroatoms. The Morgan fingerprint density at radius 2 is 1.93 bits per heavy atom. The third kappa shape index (κ3) is 4.53. The molecule has 1 aromatic carbocycles. The van der Waals surface area contributed by atoms with Gasteiger partial charge in [0.15, 0.2) is 0 Å². The van der Waals surface area contributed by atoms with Crippen LogP contribution in [0.2, 0.25) is 10.0 Å². The first-order valence-corrected chi connectivity index (χ1v) is 11.0. The Hall–Kier alpha value is -2.19. The number of carbonyl (C=O) groups is 1. The molecule has 29 heavy (non-hydrogen) atoms. The maximum atomic E-state index is 13.0. The number of rotatable bonds is 6. The van der Waals surface area contributed by atoms with Gasteiger partial charge in [-0.25, -0.2) is 13.6 Å². The molecule has 0 aliphatic heterocycles. The average molecular weight is 452 g/mol. The third-order valence-corrected chi connectivity index (χ3v) is 6.74. The number of ketones is 1. The van der Waals surface area contributed by atoms with Gasteiger partial charge in [-0.3, -0.25) is 9.78 Å². The van der Waals surface area contributed by atoms with E-state index in [0.717, 1.165) is 5.56 Å². The van der Waals surface area contributed by atoms with Gasteiger partial charge in [0.25, 0.3) is 0 Å². The van der Waals surface area contributed by atoms with Gasteiger partial charge in [0.1, 0.15) is 5.25 Å². The number of aromatic nitrogens is 2. The summed E-state index contributed by atoms with van der Waals surface area (Å²) in [5, 5.41) is 5.15. The number of nitrogens with zero attached hydrogens (tertiary/aromatic N) is 2. The third-order valence-electron chi connectivity index (χ3n) is 4.77. The first-order valence-electron chi connectivity index (χ1n) is 8.66. The maximum Gasteiger partial charge on any atom is 0.216 e. The second-order valence-electron chi connectivity index (χ2n) is 6.75. The van der Waals surface area contributed by atoms with Crippen molar-refractivity contribution >= 4 is 39.0 Å². The molecule has 0 amide bonds. The molecule has 152 valence electrons. The topological polar surface area (TPSA) is 95.0 Å². The van der Waals surface area contributed by atoms with E-state index in [4.69, 9.17) is 28.3 Å². The lowest BCUT2D eigenvalue weighted by Crippen LogP contribution is -2.24. The highest BCUT2D eigenvalue weighted by Gasteiger charge is 2.27. The van der Waals surface area contributed by atoms with E-state index < -0.39 is 15.3 Å². The molecule has 0 spiro atoms. The van der Waals surface area contributed by atoms with Crippen molar-refractivity contribution in [2.24, 2.45) is 12.2 Å². The molecule has 1 atom stereocenters. The summed E-state index contributed by atoms with van der Waals surface area (Å²) in [4.78, 5) is 17.0. The van der Waals surface area contributed by atoms with Crippen LogP contribution < -0.4 is 5.14 Å². The van der Waals surface area contributed by atoms with E-state index in [2.05, 4.69) is 4.98 Å². The number of halogens is 2. The minimum atomic E-state index is -3.89. The fourth-order valence-electron chi connectivity index (χ4n) is 3.30. The molecule has 1 unspecified atom stereocenters. The Balaban J connectivity index is 2.00. The second-order valence-corrected chi connectivity index (χ2v) is 9.31. The van der Waals surface area contributed by atoms with Crippen molar-refractivity contribution in [3.05, 3.63) is 86.9 Å². The van der Waals surface area contributed by atoms with E-state index in [1.165, 1.54) is 12.3 Å². The zero-order valence-corrected chi connectivity index (χ0v) is 18.1. The molecule has 0 radical (unpaired) electrons. The zero-order valence-electron chi connectivity index (χ0n) is 15.8. The van der Waals surface area contributed by atoms with Gasteiger partial charge < -0.3 is 4.57 Å². The molecule has 3 aromatic rings. The van der Waals surface area contributed by atoms with Crippen LogP contribution in [0.3, 0.4) is 0 Å². The van der Waals surface area contributed by atoms with E-state index in [0.29, 0.717) is 27.5 Å². The molecule has 0 aliphatic carbocycles. The molecule has 0 saturated heterocycles. The van der Waals surface area contributed by atoms with Crippen LogP contribution in [0.5, 0.6) is 0 Å². The zero-order chi connectivity index (χ0) is 21.3. The first kappa shape index (κ1) is 21.5. The van der Waals surface area contributed by atoms with Gasteiger partial charge in [0.05, 0.1) is 15.7 Å². The van der Waals surface area contributed by atoms with Crippen molar-refractivity contribution < 1.29 is 13.2 Å². The lowest BCUT2D eigenvalue weighted by atomic mass is 10.1. The normalized spacial score (nSPS) is 12.7. The lowest BCUT2D eigenvalue weighted by Gasteiger charge is -2.16. The SMILES string of the molecule is Cc1cc(CC(c2cccnc2)S(N)(=O)=O)n(C)c1C(=O)c1ccc(Cl)c(Cl)c1. The summed E-state index contributed by atoms with van der Waals surface area (Å²) in [6.07, 6.45) is 3.15. The number of aryl methyl sites for hydroxylation is 1. The largest absolute Gasteiger partial charge is 0.345 e. The van der Waals surface area contributed by atoms with E-state index in [9.17, 15) is 13.2 Å². The number of sulfonamides is 1. The molecular formula is C20H19Cl2N3O3S. The van der Waals surface area contributed by atoms with Crippen molar-refractivity contribution in [2.45, 2.75) is 18.6 Å². The Bertz CT molecular complexity index is 1180. The molecule has 0 bridgehead atoms. The van der Waals surface area contributed by atoms with Crippen LogP contribution in [0.15, 0.2) is 48.8 Å². The summed E-state index contributed by atoms with van der Waals surface area (Å²) in [6.45, 7) is 1.80. The fraction of sp³-hybridized carbons (Fsp3) is 0.200. The lowest BCUT2D eigenvalue weighted by molar-refractivity contribution is 0.103. The van der Waals surface area contributed by atoms with Crippen LogP contribution in [0.25, 0.3) is 0 Å². The molecule has 0 saturated carbocycles. The monoisotopic (exact) mass is 451 g/mol. The van der Waals surface area contributed by atoms with Crippen molar-refractivity contribution in [3.63, 3.8) is 0 Å². The average Bonchev–Trinajstić information content (AvgIpc) is 2.94. The number of hydrogen-bond donors (Lipinski definition) is 1. The van der Waals surface area contributed by atoms with Crippen molar-refractivity contribution in [2.75, 3.05) is 0 Å². The molecule has 0 fully saturated rings. The van der Waals surface area contributed by atoms with E-state index in [-0.39, 0.29) is 17.2 Å². The summed E-state index contributed by atoms with van der Waals surface area (Å²) in [5.41, 5.74) is 2.71. The number of nitrogens with two attached hydrogens (primary N) is 1. The summed E-state index contributed by atoms with van der Waals surface area (Å²) < 4.78 is 26.1. The number of pyridine rings is 1. The van der Waals surface area contributed by atoms with E-state index in [1.54, 1.807) is 55.1 Å². The van der Waals surface area contributed by atoms with Gasteiger partial charge in [-0.1, -0.05) is 29.3 Å². The highest BCUT2D eigenvalue weighted by atomic mass is 35.5. The maximum absolute atomic E-state index is 13.0. The molecule has 6 nitrogen and oxygen atoms in total. The van der Waals surface area contributed by atoms with Crippen LogP contribution in [0.1, 0.15) is 38.1 Å². The van der Waals surface area contributed by atoms with E-state index in [1.807, 2.05) is 0 Å². The highest BCUT2D eigenvalue weighted by molar-refractivity contribution is 7.89. The first-order chi connectivity index (χ1) is 13.6. The van der Waals surface area contributed by atoms with Crippen LogP contribution in [0, 0.1) is 6.92 Å². The quantitative estimate of drug-likeness (QED) is 0.575. The number of carbonyl (C=O) groups excluding carboxylic acids is 1. The van der Waals surface area contributed by atoms with E-state index >= 15 is 0 Å². The molecular weight excluding hydrogens is 433 g/mol. The van der Waals surface area contributed by atoms with Crippen LogP contribution in [0.4, 0.5) is 0 Å². The Labute approximate surface area is 179 Å². The molecule has 0 aliphatic rings. The van der Waals surface area contributed by atoms with Crippen LogP contribution in [-0.2, 0) is 23.5 Å². The highest BCUT2D eigenvalue weighted by Crippen LogP contribution is 2.29. The Kier molecular flexibility index (Phi) is 6.14. The predicted octanol–water partition coefficient (Wildman–Crippen LogP) is 3.84. The van der Waals surface area contributed by atoms with Gasteiger partial charge in [-0.2, -0.15) is 0 Å². The molecule has 2 N–H and O–H groups in total. The van der Waals surface area contributed by atoms with Crippen LogP contribution in [-0.4, -0.2) is 23.8 Å². The molecule has 2 aromatic heterocycles. The van der Waals surface area contributed by atoms with Gasteiger partial charge in [-0.15, -0.1) is 0 Å². The minimum absolute atomic E-state index is 0.108. The summed E-state index contributed by atoms with van der Waals surface area (Å²) in [6, 6.07) is 9.80. The number of primary sulfonamides is 1.